The second-order valence-electron chi connectivity index (χ2n) is 8.88. The summed E-state index contributed by atoms with van der Waals surface area (Å²) in [5, 5.41) is 0.964. The van der Waals surface area contributed by atoms with Crippen LogP contribution in [0.3, 0.4) is 0 Å². The van der Waals surface area contributed by atoms with Gasteiger partial charge in [-0.1, -0.05) is 12.1 Å². The van der Waals surface area contributed by atoms with Crippen molar-refractivity contribution in [2.75, 3.05) is 43.5 Å². The molecule has 1 N–H and O–H groups in total. The van der Waals surface area contributed by atoms with Gasteiger partial charge in [-0.15, -0.1) is 0 Å². The maximum absolute atomic E-state index is 13.1. The predicted molar refractivity (Wildman–Crippen MR) is 129 cm³/mol. The molecule has 0 amide bonds. The number of alkyl halides is 6. The molecule has 2 heterocycles. The van der Waals surface area contributed by atoms with E-state index in [1.54, 1.807) is 0 Å². The number of halogens is 6. The molecule has 3 aromatic rings. The Bertz CT molecular complexity index is 1170. The molecule has 0 bridgehead atoms. The molecule has 4 rings (SSSR count). The van der Waals surface area contributed by atoms with Gasteiger partial charge in [0.1, 0.15) is 5.82 Å². The van der Waals surface area contributed by atoms with Crippen molar-refractivity contribution in [2.45, 2.75) is 30.1 Å². The summed E-state index contributed by atoms with van der Waals surface area (Å²) in [5.74, 6) is 1.69. The molecule has 0 spiro atoms. The number of rotatable bonds is 6. The Labute approximate surface area is 209 Å². The Hall–Kier alpha value is -2.73. The highest BCUT2D eigenvalue weighted by Gasteiger charge is 2.37. The molecule has 0 radical (unpaired) electrons. The summed E-state index contributed by atoms with van der Waals surface area (Å²) >= 11 is 0.785. The summed E-state index contributed by atoms with van der Waals surface area (Å²) < 4.78 is 81.4. The molecule has 5 nitrogen and oxygen atoms in total. The monoisotopic (exact) mass is 529 g/mol. The molecule has 1 aromatic heterocycles. The highest BCUT2D eigenvalue weighted by molar-refractivity contribution is 7.97. The zero-order valence-electron chi connectivity index (χ0n) is 19.6. The molecule has 0 aliphatic carbocycles. The van der Waals surface area contributed by atoms with Gasteiger partial charge in [0.15, 0.2) is 0 Å². The van der Waals surface area contributed by atoms with Crippen LogP contribution in [-0.2, 0) is 12.4 Å². The van der Waals surface area contributed by atoms with Crippen molar-refractivity contribution < 1.29 is 26.3 Å². The number of piperidine rings is 1. The molecule has 1 fully saturated rings. The predicted octanol–water partition coefficient (Wildman–Crippen LogP) is 6.25. The fraction of sp³-hybridized carbons (Fsp3) is 0.417. The van der Waals surface area contributed by atoms with E-state index in [0.29, 0.717) is 25.6 Å². The van der Waals surface area contributed by atoms with Crippen molar-refractivity contribution in [3.05, 3.63) is 53.6 Å². The number of fused-ring (bicyclic) bond motifs is 1. The Balaban J connectivity index is 1.37. The Morgan fingerprint density at radius 3 is 2.14 bits per heavy atom. The highest BCUT2D eigenvalue weighted by Crippen LogP contribution is 2.38. The molecule has 0 atom stereocenters. The van der Waals surface area contributed by atoms with Gasteiger partial charge in [-0.2, -0.15) is 31.3 Å². The summed E-state index contributed by atoms with van der Waals surface area (Å²) in [5.41, 5.74) is -1.78. The Morgan fingerprint density at radius 2 is 1.56 bits per heavy atom. The van der Waals surface area contributed by atoms with Crippen LogP contribution in [-0.4, -0.2) is 43.7 Å². The van der Waals surface area contributed by atoms with Crippen molar-refractivity contribution in [3.63, 3.8) is 0 Å². The first-order chi connectivity index (χ1) is 16.9. The lowest BCUT2D eigenvalue weighted by molar-refractivity contribution is -0.143. The summed E-state index contributed by atoms with van der Waals surface area (Å²) in [6.45, 7) is 1.85. The Morgan fingerprint density at radius 1 is 0.944 bits per heavy atom. The maximum atomic E-state index is 13.1. The largest absolute Gasteiger partial charge is 0.416 e. The van der Waals surface area contributed by atoms with Crippen LogP contribution in [0.2, 0.25) is 0 Å². The van der Waals surface area contributed by atoms with Gasteiger partial charge in [-0.3, -0.25) is 4.72 Å². The third kappa shape index (κ3) is 6.15. The van der Waals surface area contributed by atoms with Gasteiger partial charge in [-0.05, 0) is 61.0 Å². The van der Waals surface area contributed by atoms with Crippen molar-refractivity contribution in [3.8, 4) is 0 Å². The van der Waals surface area contributed by atoms with E-state index in [1.807, 2.05) is 43.3 Å². The number of hydrogen-bond donors (Lipinski definition) is 1. The lowest BCUT2D eigenvalue weighted by Crippen LogP contribution is -2.37. The van der Waals surface area contributed by atoms with E-state index >= 15 is 0 Å². The van der Waals surface area contributed by atoms with Crippen LogP contribution >= 0.6 is 11.9 Å². The third-order valence-corrected chi connectivity index (χ3v) is 6.80. The number of aromatic nitrogens is 2. The number of benzene rings is 2. The van der Waals surface area contributed by atoms with Gasteiger partial charge >= 0.3 is 12.4 Å². The quantitative estimate of drug-likeness (QED) is 0.301. The van der Waals surface area contributed by atoms with E-state index in [2.05, 4.69) is 9.62 Å². The number of nitrogens with zero attached hydrogens (tertiary/aromatic N) is 4. The molecule has 0 unspecified atom stereocenters. The summed E-state index contributed by atoms with van der Waals surface area (Å²) in [6.07, 6.45) is -8.14. The SMILES string of the molecule is CN(C)c1nc(N2CCC(CNSc3cc(C(F)(F)F)cc(C(F)(F)F)c3)CC2)nc2ccccc12. The van der Waals surface area contributed by atoms with Crippen molar-refractivity contribution >= 4 is 34.6 Å². The lowest BCUT2D eigenvalue weighted by Gasteiger charge is -2.32. The fourth-order valence-corrected chi connectivity index (χ4v) is 4.95. The zero-order valence-corrected chi connectivity index (χ0v) is 20.4. The number of anilines is 2. The van der Waals surface area contributed by atoms with E-state index < -0.39 is 23.5 Å². The highest BCUT2D eigenvalue weighted by atomic mass is 32.2. The summed E-state index contributed by atoms with van der Waals surface area (Å²) in [6, 6.07) is 9.39. The molecule has 194 valence electrons. The molecule has 1 aliphatic rings. The van der Waals surface area contributed by atoms with E-state index in [-0.39, 0.29) is 16.9 Å². The first-order valence-corrected chi connectivity index (χ1v) is 12.1. The number of hydrogen-bond acceptors (Lipinski definition) is 6. The minimum absolute atomic E-state index is 0.129. The van der Waals surface area contributed by atoms with Gasteiger partial charge in [0.25, 0.3) is 0 Å². The average Bonchev–Trinajstić information content (AvgIpc) is 2.82. The first-order valence-electron chi connectivity index (χ1n) is 11.3. The summed E-state index contributed by atoms with van der Waals surface area (Å²) in [4.78, 5) is 13.4. The second-order valence-corrected chi connectivity index (χ2v) is 9.85. The minimum Gasteiger partial charge on any atom is -0.362 e. The van der Waals surface area contributed by atoms with Gasteiger partial charge in [0.2, 0.25) is 5.95 Å². The smallest absolute Gasteiger partial charge is 0.362 e. The topological polar surface area (TPSA) is 44.3 Å². The molecule has 1 aliphatic heterocycles. The standard InChI is InChI=1S/C24H25F6N5S/c1-34(2)21-19-5-3-4-6-20(19)32-22(33-21)35-9-7-15(8-10-35)14-31-36-18-12-16(23(25,26)27)11-17(13-18)24(28,29)30/h3-6,11-13,15,31H,7-10,14H2,1-2H3. The number of para-hydroxylation sites is 1. The third-order valence-electron chi connectivity index (χ3n) is 6.02. The molecule has 36 heavy (non-hydrogen) atoms. The fourth-order valence-electron chi connectivity index (χ4n) is 4.10. The van der Waals surface area contributed by atoms with Crippen molar-refractivity contribution in [2.24, 2.45) is 5.92 Å². The van der Waals surface area contributed by atoms with Crippen molar-refractivity contribution in [1.82, 2.24) is 14.7 Å². The average molecular weight is 530 g/mol. The molecular formula is C24H25F6N5S. The van der Waals surface area contributed by atoms with Crippen LogP contribution in [0.4, 0.5) is 38.1 Å². The van der Waals surface area contributed by atoms with Crippen LogP contribution in [0.1, 0.15) is 24.0 Å². The molecule has 1 saturated heterocycles. The van der Waals surface area contributed by atoms with Crippen LogP contribution < -0.4 is 14.5 Å². The van der Waals surface area contributed by atoms with Crippen LogP contribution in [0.5, 0.6) is 0 Å². The van der Waals surface area contributed by atoms with E-state index in [0.717, 1.165) is 53.6 Å². The second kappa shape index (κ2) is 10.3. The minimum atomic E-state index is -4.86. The zero-order chi connectivity index (χ0) is 26.1. The van der Waals surface area contributed by atoms with E-state index in [1.165, 1.54) is 0 Å². The van der Waals surface area contributed by atoms with Crippen LogP contribution in [0.15, 0.2) is 47.4 Å². The van der Waals surface area contributed by atoms with Crippen LogP contribution in [0.25, 0.3) is 10.9 Å². The first kappa shape index (κ1) is 26.3. The summed E-state index contributed by atoms with van der Waals surface area (Å²) in [7, 11) is 3.85. The molecule has 0 saturated carbocycles. The molecule has 12 heteroatoms. The molecule has 2 aromatic carbocycles. The Kier molecular flexibility index (Phi) is 7.56. The van der Waals surface area contributed by atoms with Gasteiger partial charge in [-0.25, -0.2) is 4.98 Å². The van der Waals surface area contributed by atoms with E-state index in [4.69, 9.17) is 9.97 Å². The van der Waals surface area contributed by atoms with Gasteiger partial charge < -0.3 is 9.80 Å². The lowest BCUT2D eigenvalue weighted by atomic mass is 9.97. The number of nitrogens with one attached hydrogen (secondary N) is 1. The normalized spacial score (nSPS) is 15.5. The van der Waals surface area contributed by atoms with Crippen molar-refractivity contribution in [1.29, 1.82) is 0 Å². The van der Waals surface area contributed by atoms with E-state index in [9.17, 15) is 26.3 Å². The maximum Gasteiger partial charge on any atom is 0.416 e. The molecular weight excluding hydrogens is 504 g/mol. The van der Waals surface area contributed by atoms with Gasteiger partial charge in [0, 0.05) is 44.0 Å². The van der Waals surface area contributed by atoms with Gasteiger partial charge in [0.05, 0.1) is 16.6 Å². The van der Waals surface area contributed by atoms with Crippen LogP contribution in [0, 0.1) is 5.92 Å².